The van der Waals surface area contributed by atoms with Crippen LogP contribution in [0.2, 0.25) is 0 Å². The highest BCUT2D eigenvalue weighted by atomic mass is 16.5. The van der Waals surface area contributed by atoms with E-state index in [0.29, 0.717) is 5.57 Å². The fraction of sp³-hybridized carbons (Fsp3) is 0.667. The van der Waals surface area contributed by atoms with E-state index >= 15 is 0 Å². The van der Waals surface area contributed by atoms with Crippen LogP contribution in [0.5, 0.6) is 0 Å². The molecule has 0 aromatic carbocycles. The monoisotopic (exact) mass is 256 g/mol. The molecule has 1 rings (SSSR count). The zero-order chi connectivity index (χ0) is 13.8. The van der Waals surface area contributed by atoms with Gasteiger partial charge in [-0.05, 0) is 26.8 Å². The fourth-order valence-corrected chi connectivity index (χ4v) is 1.30. The minimum absolute atomic E-state index is 0.218. The Bertz CT molecular complexity index is 369. The standard InChI is InChI=1S/C12H20N2O4/c1-12(2,3)18-7-8-6-9(16-4)13-14-10(8)11(15)17-5/h6,9,13H,7H2,1-5H3. The molecule has 6 heteroatoms. The van der Waals surface area contributed by atoms with Gasteiger partial charge in [-0.3, -0.25) is 5.43 Å². The quantitative estimate of drug-likeness (QED) is 0.755. The first-order chi connectivity index (χ1) is 8.37. The highest BCUT2D eigenvalue weighted by Gasteiger charge is 2.24. The van der Waals surface area contributed by atoms with Crippen LogP contribution in [0.25, 0.3) is 0 Å². The van der Waals surface area contributed by atoms with Gasteiger partial charge in [0.05, 0.1) is 19.3 Å². The lowest BCUT2D eigenvalue weighted by molar-refractivity contribution is -0.132. The molecule has 0 fully saturated rings. The Morgan fingerprint density at radius 2 is 2.11 bits per heavy atom. The van der Waals surface area contributed by atoms with Gasteiger partial charge in [-0.1, -0.05) is 0 Å². The van der Waals surface area contributed by atoms with Crippen molar-refractivity contribution in [3.8, 4) is 0 Å². The number of esters is 1. The lowest BCUT2D eigenvalue weighted by atomic mass is 10.1. The third kappa shape index (κ3) is 4.12. The summed E-state index contributed by atoms with van der Waals surface area (Å²) in [6, 6.07) is 0. The van der Waals surface area contributed by atoms with Crippen LogP contribution in [0.4, 0.5) is 0 Å². The molecule has 1 aliphatic rings. The summed E-state index contributed by atoms with van der Waals surface area (Å²) in [5, 5.41) is 3.95. The number of methoxy groups -OCH3 is 2. The molecule has 0 bridgehead atoms. The van der Waals surface area contributed by atoms with Crippen LogP contribution >= 0.6 is 0 Å². The zero-order valence-corrected chi connectivity index (χ0v) is 11.4. The van der Waals surface area contributed by atoms with Gasteiger partial charge in [-0.2, -0.15) is 5.10 Å². The fourth-order valence-electron chi connectivity index (χ4n) is 1.30. The smallest absolute Gasteiger partial charge is 0.358 e. The second kappa shape index (κ2) is 5.97. The average molecular weight is 256 g/mol. The van der Waals surface area contributed by atoms with Crippen LogP contribution in [0.1, 0.15) is 20.8 Å². The van der Waals surface area contributed by atoms with Crippen LogP contribution < -0.4 is 5.43 Å². The highest BCUT2D eigenvalue weighted by molar-refractivity contribution is 6.43. The summed E-state index contributed by atoms with van der Waals surface area (Å²) in [5.41, 5.74) is 3.27. The molecule has 0 amide bonds. The molecule has 1 atom stereocenters. The summed E-state index contributed by atoms with van der Waals surface area (Å²) in [7, 11) is 2.87. The topological polar surface area (TPSA) is 69.2 Å². The van der Waals surface area contributed by atoms with Crippen molar-refractivity contribution in [3.63, 3.8) is 0 Å². The van der Waals surface area contributed by atoms with Crippen molar-refractivity contribution in [2.75, 3.05) is 20.8 Å². The number of hydrogen-bond acceptors (Lipinski definition) is 6. The first kappa shape index (κ1) is 14.7. The van der Waals surface area contributed by atoms with Gasteiger partial charge in [0.1, 0.15) is 0 Å². The summed E-state index contributed by atoms with van der Waals surface area (Å²) in [5.74, 6) is -0.499. The van der Waals surface area contributed by atoms with Crippen molar-refractivity contribution < 1.29 is 19.0 Å². The maximum atomic E-state index is 11.6. The SMILES string of the molecule is COC(=O)C1=NNC(OC)C=C1COC(C)(C)C. The van der Waals surface area contributed by atoms with Crippen LogP contribution in [0.3, 0.4) is 0 Å². The van der Waals surface area contributed by atoms with E-state index in [9.17, 15) is 4.79 Å². The molecule has 0 aromatic heterocycles. The third-order valence-electron chi connectivity index (χ3n) is 2.25. The molecule has 6 nitrogen and oxygen atoms in total. The minimum Gasteiger partial charge on any atom is -0.464 e. The van der Waals surface area contributed by atoms with Gasteiger partial charge in [-0.25, -0.2) is 4.79 Å². The van der Waals surface area contributed by atoms with E-state index in [-0.39, 0.29) is 24.1 Å². The Labute approximate surface area is 107 Å². The summed E-state index contributed by atoms with van der Waals surface area (Å²) in [6.07, 6.45) is 1.39. The largest absolute Gasteiger partial charge is 0.464 e. The molecule has 18 heavy (non-hydrogen) atoms. The lowest BCUT2D eigenvalue weighted by Crippen LogP contribution is -2.36. The Morgan fingerprint density at radius 3 is 2.61 bits per heavy atom. The van der Waals surface area contributed by atoms with E-state index in [1.807, 2.05) is 20.8 Å². The number of hydrogen-bond donors (Lipinski definition) is 1. The Kier molecular flexibility index (Phi) is 4.86. The maximum Gasteiger partial charge on any atom is 0.358 e. The van der Waals surface area contributed by atoms with E-state index in [2.05, 4.69) is 15.3 Å². The van der Waals surface area contributed by atoms with Crippen LogP contribution in [0, 0.1) is 0 Å². The molecule has 1 aliphatic heterocycles. The van der Waals surface area contributed by atoms with Crippen molar-refractivity contribution >= 4 is 11.7 Å². The molecule has 0 aromatic rings. The van der Waals surface area contributed by atoms with E-state index in [4.69, 9.17) is 9.47 Å². The minimum atomic E-state index is -0.499. The van der Waals surface area contributed by atoms with Gasteiger partial charge in [0.15, 0.2) is 11.9 Å². The molecule has 102 valence electrons. The van der Waals surface area contributed by atoms with Crippen LogP contribution in [0.15, 0.2) is 16.8 Å². The zero-order valence-electron chi connectivity index (χ0n) is 11.4. The summed E-state index contributed by atoms with van der Waals surface area (Å²) in [4.78, 5) is 11.6. The summed E-state index contributed by atoms with van der Waals surface area (Å²) >= 11 is 0. The van der Waals surface area contributed by atoms with Crippen molar-refractivity contribution in [1.29, 1.82) is 0 Å². The van der Waals surface area contributed by atoms with Crippen LogP contribution in [-0.2, 0) is 19.0 Å². The highest BCUT2D eigenvalue weighted by Crippen LogP contribution is 2.14. The number of hydrazone groups is 1. The van der Waals surface area contributed by atoms with E-state index in [0.717, 1.165) is 0 Å². The third-order valence-corrected chi connectivity index (χ3v) is 2.25. The maximum absolute atomic E-state index is 11.6. The van der Waals surface area contributed by atoms with Gasteiger partial charge in [0, 0.05) is 12.7 Å². The van der Waals surface area contributed by atoms with E-state index in [1.165, 1.54) is 7.11 Å². The predicted octanol–water partition coefficient (Wildman–Crippen LogP) is 0.833. The molecular weight excluding hydrogens is 236 g/mol. The van der Waals surface area contributed by atoms with Crippen LogP contribution in [-0.4, -0.2) is 44.3 Å². The second-order valence-corrected chi connectivity index (χ2v) is 4.83. The first-order valence-corrected chi connectivity index (χ1v) is 5.66. The van der Waals surface area contributed by atoms with Gasteiger partial charge in [0.2, 0.25) is 0 Å². The molecule has 1 N–H and O–H groups in total. The molecule has 0 aliphatic carbocycles. The average Bonchev–Trinajstić information content (AvgIpc) is 2.34. The Balaban J connectivity index is 2.81. The molecule has 0 saturated carbocycles. The number of rotatable bonds is 4. The number of carbonyl (C=O) groups excluding carboxylic acids is 1. The Hall–Kier alpha value is -1.40. The van der Waals surface area contributed by atoms with Gasteiger partial charge in [-0.15, -0.1) is 0 Å². The van der Waals surface area contributed by atoms with Gasteiger partial charge >= 0.3 is 5.97 Å². The number of carbonyl (C=O) groups is 1. The molecule has 1 heterocycles. The predicted molar refractivity (Wildman–Crippen MR) is 67.2 cm³/mol. The number of nitrogens with one attached hydrogen (secondary N) is 1. The van der Waals surface area contributed by atoms with Gasteiger partial charge < -0.3 is 14.2 Å². The molecule has 0 radical (unpaired) electrons. The number of ether oxygens (including phenoxy) is 3. The van der Waals surface area contributed by atoms with Crippen molar-refractivity contribution in [2.45, 2.75) is 32.6 Å². The molecule has 0 saturated heterocycles. The second-order valence-electron chi connectivity index (χ2n) is 4.83. The summed E-state index contributed by atoms with van der Waals surface area (Å²) < 4.78 is 15.4. The van der Waals surface area contributed by atoms with E-state index in [1.54, 1.807) is 13.2 Å². The van der Waals surface area contributed by atoms with Crippen molar-refractivity contribution in [3.05, 3.63) is 11.6 Å². The Morgan fingerprint density at radius 1 is 1.44 bits per heavy atom. The van der Waals surface area contributed by atoms with Crippen molar-refractivity contribution in [2.24, 2.45) is 5.10 Å². The number of nitrogens with zero attached hydrogens (tertiary/aromatic N) is 1. The normalized spacial score (nSPS) is 19.7. The molecular formula is C12H20N2O4. The lowest BCUT2D eigenvalue weighted by Gasteiger charge is -2.24. The first-order valence-electron chi connectivity index (χ1n) is 5.66. The molecule has 0 spiro atoms. The molecule has 1 unspecified atom stereocenters. The van der Waals surface area contributed by atoms with E-state index < -0.39 is 5.97 Å². The van der Waals surface area contributed by atoms with Gasteiger partial charge in [0.25, 0.3) is 0 Å². The van der Waals surface area contributed by atoms with Crippen molar-refractivity contribution in [1.82, 2.24) is 5.43 Å². The summed E-state index contributed by atoms with van der Waals surface area (Å²) in [6.45, 7) is 6.10.